The molecule has 0 amide bonds. The zero-order valence-electron chi connectivity index (χ0n) is 5.07. The number of rotatable bonds is 0. The van der Waals surface area contributed by atoms with Crippen LogP contribution in [0.15, 0.2) is 22.4 Å². The van der Waals surface area contributed by atoms with E-state index in [0.717, 1.165) is 11.8 Å². The highest BCUT2D eigenvalue weighted by Crippen LogP contribution is 2.47. The van der Waals surface area contributed by atoms with Gasteiger partial charge in [-0.25, -0.2) is 0 Å². The lowest BCUT2D eigenvalue weighted by atomic mass is 9.95. The van der Waals surface area contributed by atoms with E-state index in [2.05, 4.69) is 22.4 Å². The first-order valence-corrected chi connectivity index (χ1v) is 3.53. The van der Waals surface area contributed by atoms with Gasteiger partial charge in [0.1, 0.15) is 12.1 Å². The lowest BCUT2D eigenvalue weighted by molar-refractivity contribution is 0.379. The smallest absolute Gasteiger partial charge is 0.102 e. The third kappa shape index (κ3) is 0.326. The third-order valence-electron chi connectivity index (χ3n) is 2.71. The van der Waals surface area contributed by atoms with E-state index in [1.807, 2.05) is 0 Å². The molecule has 2 aliphatic carbocycles. The van der Waals surface area contributed by atoms with E-state index in [1.165, 1.54) is 6.42 Å². The Hall–Kier alpha value is -0.660. The van der Waals surface area contributed by atoms with Crippen molar-refractivity contribution in [3.8, 4) is 0 Å². The molecule has 1 aliphatic heterocycles. The quantitative estimate of drug-likeness (QED) is 0.432. The summed E-state index contributed by atoms with van der Waals surface area (Å²) in [6, 6.07) is 1.19. The minimum absolute atomic E-state index is 0.597. The second-order valence-electron chi connectivity index (χ2n) is 3.16. The molecule has 1 heterocycles. The van der Waals surface area contributed by atoms with Gasteiger partial charge in [-0.05, 0) is 6.42 Å². The molecule has 0 spiro atoms. The first-order valence-electron chi connectivity index (χ1n) is 3.53. The molecule has 3 aliphatic rings. The highest BCUT2D eigenvalue weighted by Gasteiger charge is 2.49. The molecule has 2 heteroatoms. The van der Waals surface area contributed by atoms with Crippen molar-refractivity contribution >= 4 is 0 Å². The monoisotopic (exact) mass is 120 g/mol. The molecule has 2 bridgehead atoms. The predicted octanol–water partition coefficient (Wildman–Crippen LogP) is 1.40. The molecule has 3 rings (SSSR count). The molecule has 9 heavy (non-hydrogen) atoms. The van der Waals surface area contributed by atoms with Crippen molar-refractivity contribution in [3.63, 3.8) is 0 Å². The number of nitrogens with zero attached hydrogens (tertiary/aromatic N) is 2. The zero-order chi connectivity index (χ0) is 5.84. The molecule has 4 atom stereocenters. The lowest BCUT2D eigenvalue weighted by Crippen LogP contribution is -2.33. The average molecular weight is 120 g/mol. The van der Waals surface area contributed by atoms with E-state index in [-0.39, 0.29) is 0 Å². The van der Waals surface area contributed by atoms with Gasteiger partial charge in [0, 0.05) is 11.8 Å². The van der Waals surface area contributed by atoms with Crippen LogP contribution >= 0.6 is 0 Å². The second kappa shape index (κ2) is 1.11. The van der Waals surface area contributed by atoms with Crippen LogP contribution in [0.1, 0.15) is 6.42 Å². The van der Waals surface area contributed by atoms with Gasteiger partial charge in [0.05, 0.1) is 0 Å². The molecule has 0 aromatic heterocycles. The zero-order valence-corrected chi connectivity index (χ0v) is 5.07. The summed E-state index contributed by atoms with van der Waals surface area (Å²) in [5, 5.41) is 8.17. The Kier molecular flexibility index (Phi) is 0.516. The van der Waals surface area contributed by atoms with Crippen molar-refractivity contribution in [2.24, 2.45) is 22.1 Å². The molecule has 1 unspecified atom stereocenters. The number of azo groups is 1. The van der Waals surface area contributed by atoms with Crippen LogP contribution in [-0.2, 0) is 0 Å². The predicted molar refractivity (Wildman–Crippen MR) is 33.2 cm³/mol. The molecule has 1 saturated carbocycles. The van der Waals surface area contributed by atoms with Gasteiger partial charge in [-0.15, -0.1) is 0 Å². The van der Waals surface area contributed by atoms with Gasteiger partial charge < -0.3 is 0 Å². The van der Waals surface area contributed by atoms with Crippen LogP contribution in [0.25, 0.3) is 0 Å². The largest absolute Gasteiger partial charge is 0.187 e. The second-order valence-corrected chi connectivity index (χ2v) is 3.16. The fourth-order valence-corrected chi connectivity index (χ4v) is 2.16. The summed E-state index contributed by atoms with van der Waals surface area (Å²) in [5.74, 6) is 1.52. The van der Waals surface area contributed by atoms with Gasteiger partial charge in [0.25, 0.3) is 0 Å². The van der Waals surface area contributed by atoms with Crippen LogP contribution in [0.4, 0.5) is 0 Å². The first-order chi connectivity index (χ1) is 4.45. The van der Waals surface area contributed by atoms with E-state index >= 15 is 0 Å². The standard InChI is InChI=1S/C7H8N2/c1-2-5-3-4(1)6-7(5)9-8-6/h1-2,4-7H,3H2/t4-,5+,6+,7?/m0/s1. The minimum atomic E-state index is 0.597. The fraction of sp³-hybridized carbons (Fsp3) is 0.714. The molecule has 0 N–H and O–H groups in total. The molecular formula is C7H8N2. The van der Waals surface area contributed by atoms with E-state index in [4.69, 9.17) is 0 Å². The van der Waals surface area contributed by atoms with Crippen molar-refractivity contribution < 1.29 is 0 Å². The summed E-state index contributed by atoms with van der Waals surface area (Å²) in [4.78, 5) is 0. The number of fused-ring (bicyclic) bond motifs is 5. The van der Waals surface area contributed by atoms with Crippen molar-refractivity contribution in [1.82, 2.24) is 0 Å². The minimum Gasteiger partial charge on any atom is -0.187 e. The highest BCUT2D eigenvalue weighted by atomic mass is 15.3. The molecule has 0 aromatic carbocycles. The van der Waals surface area contributed by atoms with Crippen LogP contribution in [0.3, 0.4) is 0 Å². The first kappa shape index (κ1) is 4.20. The summed E-state index contributed by atoms with van der Waals surface area (Å²) < 4.78 is 0. The van der Waals surface area contributed by atoms with Gasteiger partial charge in [0.2, 0.25) is 0 Å². The van der Waals surface area contributed by atoms with Crippen molar-refractivity contribution in [3.05, 3.63) is 12.2 Å². The van der Waals surface area contributed by atoms with Gasteiger partial charge in [-0.1, -0.05) is 12.2 Å². The van der Waals surface area contributed by atoms with E-state index in [1.54, 1.807) is 0 Å². The number of hydrogen-bond donors (Lipinski definition) is 0. The maximum atomic E-state index is 4.09. The molecule has 2 nitrogen and oxygen atoms in total. The SMILES string of the molecule is C1=C[C@H]2C[C@@H]1C1N=N[C@@H]12. The Bertz CT molecular complexity index is 183. The summed E-state index contributed by atoms with van der Waals surface area (Å²) in [7, 11) is 0. The van der Waals surface area contributed by atoms with Crippen molar-refractivity contribution in [1.29, 1.82) is 0 Å². The van der Waals surface area contributed by atoms with E-state index < -0.39 is 0 Å². The number of hydrogen-bond acceptors (Lipinski definition) is 2. The van der Waals surface area contributed by atoms with Gasteiger partial charge in [-0.3, -0.25) is 0 Å². The maximum Gasteiger partial charge on any atom is 0.102 e. The maximum absolute atomic E-state index is 4.09. The molecular weight excluding hydrogens is 112 g/mol. The Morgan fingerprint density at radius 1 is 1.00 bits per heavy atom. The molecule has 0 saturated heterocycles. The highest BCUT2D eigenvalue weighted by molar-refractivity contribution is 5.21. The van der Waals surface area contributed by atoms with Crippen molar-refractivity contribution in [2.75, 3.05) is 0 Å². The van der Waals surface area contributed by atoms with Crippen molar-refractivity contribution in [2.45, 2.75) is 18.5 Å². The van der Waals surface area contributed by atoms with Crippen LogP contribution < -0.4 is 0 Å². The Balaban J connectivity index is 2.10. The molecule has 0 aromatic rings. The lowest BCUT2D eigenvalue weighted by Gasteiger charge is -2.26. The summed E-state index contributed by atoms with van der Waals surface area (Å²) in [6.07, 6.45) is 5.94. The Labute approximate surface area is 53.7 Å². The summed E-state index contributed by atoms with van der Waals surface area (Å²) >= 11 is 0. The van der Waals surface area contributed by atoms with Crippen LogP contribution in [0, 0.1) is 11.8 Å². The van der Waals surface area contributed by atoms with E-state index in [0.29, 0.717) is 12.1 Å². The van der Waals surface area contributed by atoms with Gasteiger partial charge in [0.15, 0.2) is 0 Å². The molecule has 0 radical (unpaired) electrons. The normalized spacial score (nSPS) is 57.8. The van der Waals surface area contributed by atoms with Gasteiger partial charge in [-0.2, -0.15) is 10.2 Å². The van der Waals surface area contributed by atoms with Crippen LogP contribution in [-0.4, -0.2) is 12.1 Å². The average Bonchev–Trinajstić information content (AvgIpc) is 2.18. The third-order valence-corrected chi connectivity index (χ3v) is 2.71. The Morgan fingerprint density at radius 2 is 1.56 bits per heavy atom. The van der Waals surface area contributed by atoms with Gasteiger partial charge >= 0.3 is 0 Å². The summed E-state index contributed by atoms with van der Waals surface area (Å²) in [5.41, 5.74) is 0. The van der Waals surface area contributed by atoms with Crippen LogP contribution in [0.2, 0.25) is 0 Å². The molecule has 46 valence electrons. The molecule has 1 fully saturated rings. The summed E-state index contributed by atoms with van der Waals surface area (Å²) in [6.45, 7) is 0. The Morgan fingerprint density at radius 3 is 1.89 bits per heavy atom. The topological polar surface area (TPSA) is 24.7 Å². The fourth-order valence-electron chi connectivity index (χ4n) is 2.16. The van der Waals surface area contributed by atoms with E-state index in [9.17, 15) is 0 Å². The van der Waals surface area contributed by atoms with Crippen LogP contribution in [0.5, 0.6) is 0 Å².